The lowest BCUT2D eigenvalue weighted by molar-refractivity contribution is 0.402. The molecule has 0 aliphatic carbocycles. The molecule has 2 unspecified atom stereocenters. The maximum absolute atomic E-state index is 9.25. The number of nitrogens with one attached hydrogen (secondary N) is 2. The second kappa shape index (κ2) is 7.51. The van der Waals surface area contributed by atoms with Crippen LogP contribution in [0.15, 0.2) is 24.3 Å². The molecule has 0 amide bonds. The van der Waals surface area contributed by atoms with E-state index in [0.29, 0.717) is 17.8 Å². The summed E-state index contributed by atoms with van der Waals surface area (Å²) in [5, 5.41) is 16.5. The van der Waals surface area contributed by atoms with Gasteiger partial charge in [-0.1, -0.05) is 25.0 Å². The van der Waals surface area contributed by atoms with Gasteiger partial charge in [-0.05, 0) is 50.4 Å². The van der Waals surface area contributed by atoms with Gasteiger partial charge in [-0.3, -0.25) is 0 Å². The van der Waals surface area contributed by atoms with Crippen LogP contribution in [0.5, 0.6) is 5.75 Å². The number of phenols is 1. The third-order valence-electron chi connectivity index (χ3n) is 3.89. The van der Waals surface area contributed by atoms with Crippen LogP contribution in [0.3, 0.4) is 0 Å². The Labute approximate surface area is 116 Å². The molecule has 1 saturated heterocycles. The molecule has 1 heterocycles. The highest BCUT2D eigenvalue weighted by Gasteiger charge is 2.14. The van der Waals surface area contributed by atoms with Crippen molar-refractivity contribution in [2.24, 2.45) is 0 Å². The van der Waals surface area contributed by atoms with E-state index < -0.39 is 0 Å². The summed E-state index contributed by atoms with van der Waals surface area (Å²) in [6.45, 7) is 4.30. The fourth-order valence-corrected chi connectivity index (χ4v) is 2.72. The molecule has 1 aliphatic heterocycles. The Morgan fingerprint density at radius 1 is 1.26 bits per heavy atom. The largest absolute Gasteiger partial charge is 0.508 e. The van der Waals surface area contributed by atoms with E-state index in [1.165, 1.54) is 44.2 Å². The Bertz CT molecular complexity index is 356. The van der Waals surface area contributed by atoms with Crippen LogP contribution < -0.4 is 10.6 Å². The van der Waals surface area contributed by atoms with Crippen LogP contribution in [-0.4, -0.2) is 23.7 Å². The number of phenolic OH excluding ortho intramolecular Hbond substituents is 1. The predicted molar refractivity (Wildman–Crippen MR) is 79.3 cm³/mol. The van der Waals surface area contributed by atoms with Crippen LogP contribution in [0.25, 0.3) is 0 Å². The standard InChI is InChI=1S/C16H26N2O/c1-13(11-15-5-3-2-4-10-17-15)18-12-14-6-8-16(19)9-7-14/h6-9,13,15,17-19H,2-5,10-12H2,1H3. The lowest BCUT2D eigenvalue weighted by Crippen LogP contribution is -2.36. The van der Waals surface area contributed by atoms with Crippen LogP contribution >= 0.6 is 0 Å². The maximum atomic E-state index is 9.25. The second-order valence-corrected chi connectivity index (χ2v) is 5.68. The normalized spacial score (nSPS) is 21.8. The summed E-state index contributed by atoms with van der Waals surface area (Å²) in [6, 6.07) is 8.62. The first kappa shape index (κ1) is 14.4. The molecule has 3 heteroatoms. The topological polar surface area (TPSA) is 44.3 Å². The molecule has 0 radical (unpaired) electrons. The van der Waals surface area contributed by atoms with Gasteiger partial charge >= 0.3 is 0 Å². The zero-order valence-corrected chi connectivity index (χ0v) is 11.9. The van der Waals surface area contributed by atoms with E-state index in [0.717, 1.165) is 6.54 Å². The van der Waals surface area contributed by atoms with Crippen LogP contribution in [0, 0.1) is 0 Å². The molecule has 0 bridgehead atoms. The van der Waals surface area contributed by atoms with E-state index in [2.05, 4.69) is 17.6 Å². The molecular formula is C16H26N2O. The predicted octanol–water partition coefficient (Wildman–Crippen LogP) is 2.79. The van der Waals surface area contributed by atoms with Crippen molar-refractivity contribution in [3.63, 3.8) is 0 Å². The summed E-state index contributed by atoms with van der Waals surface area (Å²) in [7, 11) is 0. The van der Waals surface area contributed by atoms with E-state index in [9.17, 15) is 5.11 Å². The molecule has 1 aromatic rings. The van der Waals surface area contributed by atoms with Gasteiger partial charge in [0.05, 0.1) is 0 Å². The van der Waals surface area contributed by atoms with Gasteiger partial charge in [-0.2, -0.15) is 0 Å². The molecule has 106 valence electrons. The molecule has 0 aromatic heterocycles. The van der Waals surface area contributed by atoms with E-state index in [1.54, 1.807) is 12.1 Å². The van der Waals surface area contributed by atoms with Crippen molar-refractivity contribution in [1.29, 1.82) is 0 Å². The van der Waals surface area contributed by atoms with Crippen LogP contribution in [0.1, 0.15) is 44.6 Å². The van der Waals surface area contributed by atoms with Crippen molar-refractivity contribution >= 4 is 0 Å². The second-order valence-electron chi connectivity index (χ2n) is 5.68. The van der Waals surface area contributed by atoms with Crippen molar-refractivity contribution in [2.45, 2.75) is 57.7 Å². The highest BCUT2D eigenvalue weighted by Crippen LogP contribution is 2.13. The van der Waals surface area contributed by atoms with Gasteiger partial charge in [-0.25, -0.2) is 0 Å². The number of benzene rings is 1. The average Bonchev–Trinajstić information content (AvgIpc) is 2.67. The highest BCUT2D eigenvalue weighted by molar-refractivity contribution is 5.25. The Balaban J connectivity index is 1.71. The summed E-state index contributed by atoms with van der Waals surface area (Å²) >= 11 is 0. The third kappa shape index (κ3) is 5.21. The van der Waals surface area contributed by atoms with Crippen molar-refractivity contribution in [3.8, 4) is 5.75 Å². The molecule has 3 nitrogen and oxygen atoms in total. The number of rotatable bonds is 5. The number of hydrogen-bond donors (Lipinski definition) is 3. The summed E-state index contributed by atoms with van der Waals surface area (Å²) < 4.78 is 0. The Hall–Kier alpha value is -1.06. The lowest BCUT2D eigenvalue weighted by atomic mass is 10.0. The molecule has 3 N–H and O–H groups in total. The Morgan fingerprint density at radius 3 is 2.84 bits per heavy atom. The Kier molecular flexibility index (Phi) is 5.67. The van der Waals surface area contributed by atoms with Gasteiger partial charge in [0.15, 0.2) is 0 Å². The fourth-order valence-electron chi connectivity index (χ4n) is 2.72. The van der Waals surface area contributed by atoms with Gasteiger partial charge in [0.2, 0.25) is 0 Å². The zero-order valence-electron chi connectivity index (χ0n) is 11.9. The monoisotopic (exact) mass is 262 g/mol. The first-order valence-corrected chi connectivity index (χ1v) is 7.49. The molecule has 2 atom stereocenters. The zero-order chi connectivity index (χ0) is 13.5. The number of hydrogen-bond acceptors (Lipinski definition) is 3. The Morgan fingerprint density at radius 2 is 2.05 bits per heavy atom. The molecule has 1 aliphatic rings. The molecule has 2 rings (SSSR count). The van der Waals surface area contributed by atoms with Crippen LogP contribution in [0.2, 0.25) is 0 Å². The van der Waals surface area contributed by atoms with Crippen molar-refractivity contribution in [1.82, 2.24) is 10.6 Å². The highest BCUT2D eigenvalue weighted by atomic mass is 16.3. The maximum Gasteiger partial charge on any atom is 0.115 e. The molecular weight excluding hydrogens is 236 g/mol. The summed E-state index contributed by atoms with van der Waals surface area (Å²) in [4.78, 5) is 0. The summed E-state index contributed by atoms with van der Waals surface area (Å²) in [5.41, 5.74) is 1.22. The van der Waals surface area contributed by atoms with Crippen molar-refractivity contribution in [3.05, 3.63) is 29.8 Å². The van der Waals surface area contributed by atoms with Gasteiger partial charge in [-0.15, -0.1) is 0 Å². The average molecular weight is 262 g/mol. The molecule has 19 heavy (non-hydrogen) atoms. The fraction of sp³-hybridized carbons (Fsp3) is 0.625. The molecule has 1 fully saturated rings. The van der Waals surface area contributed by atoms with E-state index >= 15 is 0 Å². The van der Waals surface area contributed by atoms with Gasteiger partial charge in [0.1, 0.15) is 5.75 Å². The van der Waals surface area contributed by atoms with Gasteiger partial charge in [0, 0.05) is 18.6 Å². The van der Waals surface area contributed by atoms with E-state index in [4.69, 9.17) is 0 Å². The molecule has 0 saturated carbocycles. The van der Waals surface area contributed by atoms with Crippen LogP contribution in [0.4, 0.5) is 0 Å². The van der Waals surface area contributed by atoms with Gasteiger partial charge in [0.25, 0.3) is 0 Å². The third-order valence-corrected chi connectivity index (χ3v) is 3.89. The quantitative estimate of drug-likeness (QED) is 0.764. The van der Waals surface area contributed by atoms with Crippen molar-refractivity contribution < 1.29 is 5.11 Å². The minimum absolute atomic E-state index is 0.333. The first-order chi connectivity index (χ1) is 9.24. The van der Waals surface area contributed by atoms with Gasteiger partial charge < -0.3 is 15.7 Å². The lowest BCUT2D eigenvalue weighted by Gasteiger charge is -2.21. The number of aromatic hydroxyl groups is 1. The van der Waals surface area contributed by atoms with Crippen molar-refractivity contribution in [2.75, 3.05) is 6.54 Å². The smallest absolute Gasteiger partial charge is 0.115 e. The first-order valence-electron chi connectivity index (χ1n) is 7.49. The van der Waals surface area contributed by atoms with E-state index in [-0.39, 0.29) is 0 Å². The van der Waals surface area contributed by atoms with E-state index in [1.807, 2.05) is 12.1 Å². The minimum Gasteiger partial charge on any atom is -0.508 e. The summed E-state index contributed by atoms with van der Waals surface area (Å²) in [6.07, 6.45) is 6.57. The summed E-state index contributed by atoms with van der Waals surface area (Å²) in [5.74, 6) is 0.333. The molecule has 0 spiro atoms. The van der Waals surface area contributed by atoms with Crippen LogP contribution in [-0.2, 0) is 6.54 Å². The SMILES string of the molecule is CC(CC1CCCCCN1)NCc1ccc(O)cc1. The minimum atomic E-state index is 0.333. The molecule has 1 aromatic carbocycles.